The van der Waals surface area contributed by atoms with Crippen LogP contribution in [0.5, 0.6) is 0 Å². The van der Waals surface area contributed by atoms with Crippen molar-refractivity contribution < 1.29 is 14.3 Å². The Morgan fingerprint density at radius 2 is 1.77 bits per heavy atom. The number of rotatable bonds is 12. The molecule has 0 radical (unpaired) electrons. The monoisotopic (exact) mass is 543 g/mol. The van der Waals surface area contributed by atoms with Gasteiger partial charge in [0.2, 0.25) is 0 Å². The van der Waals surface area contributed by atoms with Crippen LogP contribution >= 0.6 is 0 Å². The van der Waals surface area contributed by atoms with Gasteiger partial charge in [-0.3, -0.25) is 4.79 Å². The van der Waals surface area contributed by atoms with Gasteiger partial charge in [-0.05, 0) is 48.2 Å². The predicted molar refractivity (Wildman–Crippen MR) is 159 cm³/mol. The molecule has 1 fully saturated rings. The van der Waals surface area contributed by atoms with E-state index in [0.29, 0.717) is 31.2 Å². The summed E-state index contributed by atoms with van der Waals surface area (Å²) in [6, 6.07) is 14.6. The Kier molecular flexibility index (Phi) is 9.31. The second-order valence-corrected chi connectivity index (χ2v) is 10.8. The van der Waals surface area contributed by atoms with Crippen LogP contribution in [0.1, 0.15) is 28.9 Å². The van der Waals surface area contributed by atoms with Crippen molar-refractivity contribution in [2.24, 2.45) is 5.92 Å². The summed E-state index contributed by atoms with van der Waals surface area (Å²) in [5, 5.41) is 2.29. The zero-order chi connectivity index (χ0) is 27.9. The van der Waals surface area contributed by atoms with Gasteiger partial charge in [-0.2, -0.15) is 0 Å². The maximum absolute atomic E-state index is 13.6. The quantitative estimate of drug-likeness (QED) is 0.261. The van der Waals surface area contributed by atoms with E-state index < -0.39 is 0 Å². The Balaban J connectivity index is 1.39. The molecule has 0 spiro atoms. The molecule has 8 heteroatoms. The number of aromatic nitrogens is 3. The van der Waals surface area contributed by atoms with Crippen LogP contribution in [-0.2, 0) is 22.6 Å². The van der Waals surface area contributed by atoms with Gasteiger partial charge in [0.25, 0.3) is 5.91 Å². The van der Waals surface area contributed by atoms with E-state index in [9.17, 15) is 4.79 Å². The minimum atomic E-state index is -0.00697. The Morgan fingerprint density at radius 3 is 2.58 bits per heavy atom. The standard InChI is InChI=1S/C32H41N5O3/c1-34(15-17-39-2)32(38)31-23-36(22-30(31)29-10-6-8-26-7-4-5-9-28(26)29)21-27-19-33-24-37(27)20-25-11-13-35(14-12-25)16-18-40-3/h4-10,19,22-25H,11-18,20-21H2,1-3H3. The molecule has 1 saturated heterocycles. The van der Waals surface area contributed by atoms with Crippen molar-refractivity contribution in [3.63, 3.8) is 0 Å². The lowest BCUT2D eigenvalue weighted by Crippen LogP contribution is -2.37. The van der Waals surface area contributed by atoms with E-state index in [-0.39, 0.29) is 5.91 Å². The second kappa shape index (κ2) is 13.3. The lowest BCUT2D eigenvalue weighted by atomic mass is 9.96. The molecule has 2 aromatic heterocycles. The normalized spacial score (nSPS) is 14.7. The van der Waals surface area contributed by atoms with Gasteiger partial charge in [-0.25, -0.2) is 4.98 Å². The van der Waals surface area contributed by atoms with Gasteiger partial charge in [-0.15, -0.1) is 0 Å². The summed E-state index contributed by atoms with van der Waals surface area (Å²) in [5.74, 6) is 0.627. The van der Waals surface area contributed by atoms with Crippen molar-refractivity contribution in [2.45, 2.75) is 25.9 Å². The number of likely N-dealkylation sites (N-methyl/N-ethyl adjacent to an activating group) is 1. The second-order valence-electron chi connectivity index (χ2n) is 10.8. The van der Waals surface area contributed by atoms with Crippen LogP contribution in [0.4, 0.5) is 0 Å². The molecule has 0 atom stereocenters. The van der Waals surface area contributed by atoms with E-state index in [0.717, 1.165) is 60.4 Å². The van der Waals surface area contributed by atoms with Crippen molar-refractivity contribution in [2.75, 3.05) is 60.7 Å². The fraction of sp³-hybridized carbons (Fsp3) is 0.438. The number of benzene rings is 2. The largest absolute Gasteiger partial charge is 0.383 e. The number of carbonyl (C=O) groups excluding carboxylic acids is 1. The van der Waals surface area contributed by atoms with Gasteiger partial charge >= 0.3 is 0 Å². The van der Waals surface area contributed by atoms with E-state index in [2.05, 4.69) is 61.6 Å². The van der Waals surface area contributed by atoms with Crippen LogP contribution in [0, 0.1) is 5.92 Å². The molecule has 3 heterocycles. The Labute approximate surface area is 237 Å². The summed E-state index contributed by atoms with van der Waals surface area (Å²) in [6.45, 7) is 6.69. The first-order chi connectivity index (χ1) is 19.6. The maximum atomic E-state index is 13.6. The third-order valence-electron chi connectivity index (χ3n) is 8.08. The summed E-state index contributed by atoms with van der Waals surface area (Å²) < 4.78 is 14.9. The van der Waals surface area contributed by atoms with Gasteiger partial charge in [0, 0.05) is 65.1 Å². The van der Waals surface area contributed by atoms with Crippen molar-refractivity contribution in [1.82, 2.24) is 23.9 Å². The number of hydrogen-bond acceptors (Lipinski definition) is 5. The topological polar surface area (TPSA) is 64.8 Å². The van der Waals surface area contributed by atoms with E-state index in [4.69, 9.17) is 9.47 Å². The Hall–Kier alpha value is -3.46. The molecule has 0 aliphatic carbocycles. The number of ether oxygens (including phenoxy) is 2. The lowest BCUT2D eigenvalue weighted by Gasteiger charge is -2.32. The molecular weight excluding hydrogens is 502 g/mol. The first-order valence-corrected chi connectivity index (χ1v) is 14.2. The molecule has 1 aliphatic heterocycles. The Bertz CT molecular complexity index is 1400. The molecule has 1 amide bonds. The molecule has 0 unspecified atom stereocenters. The van der Waals surface area contributed by atoms with Crippen molar-refractivity contribution in [3.8, 4) is 11.1 Å². The third kappa shape index (κ3) is 6.46. The first-order valence-electron chi connectivity index (χ1n) is 14.2. The smallest absolute Gasteiger partial charge is 0.255 e. The van der Waals surface area contributed by atoms with E-state index in [1.165, 1.54) is 12.8 Å². The Morgan fingerprint density at radius 1 is 1.00 bits per heavy atom. The van der Waals surface area contributed by atoms with Crippen LogP contribution in [0.3, 0.4) is 0 Å². The molecular formula is C32H41N5O3. The summed E-state index contributed by atoms with van der Waals surface area (Å²) in [6.07, 6.45) is 10.4. The molecule has 2 aromatic carbocycles. The van der Waals surface area contributed by atoms with Crippen molar-refractivity contribution >= 4 is 16.7 Å². The minimum Gasteiger partial charge on any atom is -0.383 e. The van der Waals surface area contributed by atoms with E-state index in [1.54, 1.807) is 19.1 Å². The van der Waals surface area contributed by atoms with Gasteiger partial charge in [0.05, 0.1) is 37.3 Å². The van der Waals surface area contributed by atoms with E-state index in [1.807, 2.05) is 31.8 Å². The van der Waals surface area contributed by atoms with Crippen LogP contribution in [-0.4, -0.2) is 90.5 Å². The molecule has 0 bridgehead atoms. The van der Waals surface area contributed by atoms with Crippen molar-refractivity contribution in [3.05, 3.63) is 78.6 Å². The molecule has 8 nitrogen and oxygen atoms in total. The molecule has 212 valence electrons. The number of amides is 1. The predicted octanol–water partition coefficient (Wildman–Crippen LogP) is 4.63. The summed E-state index contributed by atoms with van der Waals surface area (Å²) in [7, 11) is 5.26. The molecule has 4 aromatic rings. The number of hydrogen-bond donors (Lipinski definition) is 0. The SMILES string of the molecule is COCCN1CCC(Cn2cncc2Cn2cc(C(=O)N(C)CCOC)c(-c3cccc4ccccc34)c2)CC1. The summed E-state index contributed by atoms with van der Waals surface area (Å²) in [5.41, 5.74) is 3.85. The third-order valence-corrected chi connectivity index (χ3v) is 8.08. The number of likely N-dealkylation sites (tertiary alicyclic amines) is 1. The number of imidazole rings is 1. The number of methoxy groups -OCH3 is 2. The number of carbonyl (C=O) groups is 1. The van der Waals surface area contributed by atoms with Crippen molar-refractivity contribution in [1.29, 1.82) is 0 Å². The highest BCUT2D eigenvalue weighted by atomic mass is 16.5. The fourth-order valence-corrected chi connectivity index (χ4v) is 5.70. The minimum absolute atomic E-state index is 0.00697. The van der Waals surface area contributed by atoms with Gasteiger partial charge in [-0.1, -0.05) is 42.5 Å². The first kappa shape index (κ1) is 28.1. The fourth-order valence-electron chi connectivity index (χ4n) is 5.70. The molecule has 1 aliphatic rings. The zero-order valence-corrected chi connectivity index (χ0v) is 24.0. The van der Waals surface area contributed by atoms with Crippen LogP contribution < -0.4 is 0 Å². The number of fused-ring (bicyclic) bond motifs is 1. The van der Waals surface area contributed by atoms with E-state index >= 15 is 0 Å². The van der Waals surface area contributed by atoms with Crippen LogP contribution in [0.25, 0.3) is 21.9 Å². The maximum Gasteiger partial charge on any atom is 0.255 e. The summed E-state index contributed by atoms with van der Waals surface area (Å²) >= 11 is 0. The van der Waals surface area contributed by atoms with Gasteiger partial charge in [0.1, 0.15) is 0 Å². The molecule has 40 heavy (non-hydrogen) atoms. The van der Waals surface area contributed by atoms with Gasteiger partial charge < -0.3 is 28.4 Å². The van der Waals surface area contributed by atoms with Gasteiger partial charge in [0.15, 0.2) is 0 Å². The average Bonchev–Trinajstić information content (AvgIpc) is 3.61. The average molecular weight is 544 g/mol. The van der Waals surface area contributed by atoms with Crippen LogP contribution in [0.15, 0.2) is 67.4 Å². The molecule has 0 N–H and O–H groups in total. The number of piperidine rings is 1. The van der Waals surface area contributed by atoms with Crippen LogP contribution in [0.2, 0.25) is 0 Å². The lowest BCUT2D eigenvalue weighted by molar-refractivity contribution is 0.0745. The zero-order valence-electron chi connectivity index (χ0n) is 24.0. The highest BCUT2D eigenvalue weighted by Crippen LogP contribution is 2.33. The molecule has 0 saturated carbocycles. The highest BCUT2D eigenvalue weighted by Gasteiger charge is 2.23. The number of nitrogens with zero attached hydrogens (tertiary/aromatic N) is 5. The highest BCUT2D eigenvalue weighted by molar-refractivity contribution is 6.05. The molecule has 5 rings (SSSR count). The summed E-state index contributed by atoms with van der Waals surface area (Å²) in [4.78, 5) is 22.4.